The maximum atomic E-state index is 5.27. The summed E-state index contributed by atoms with van der Waals surface area (Å²) in [4.78, 5) is 6.81. The first-order chi connectivity index (χ1) is 7.31. The molecular formula is C11H19N3O. The molecule has 0 unspecified atom stereocenters. The molecule has 1 aliphatic heterocycles. The molecule has 2 heterocycles. The Morgan fingerprint density at radius 3 is 2.67 bits per heavy atom. The van der Waals surface area contributed by atoms with Crippen LogP contribution >= 0.6 is 0 Å². The Balaban J connectivity index is 2.02. The van der Waals surface area contributed by atoms with Crippen LogP contribution in [0.25, 0.3) is 0 Å². The number of hydrogen-bond acceptors (Lipinski definition) is 4. The Morgan fingerprint density at radius 1 is 1.33 bits per heavy atom. The van der Waals surface area contributed by atoms with E-state index in [1.54, 1.807) is 0 Å². The van der Waals surface area contributed by atoms with Crippen LogP contribution in [-0.2, 0) is 6.42 Å². The molecule has 0 aliphatic carbocycles. The van der Waals surface area contributed by atoms with Crippen molar-refractivity contribution < 1.29 is 4.52 Å². The fraction of sp³-hybridized carbons (Fsp3) is 0.818. The SMILES string of the molecule is CCc1noc([C@@H](C)N2CCCCC2)n1. The van der Waals surface area contributed by atoms with E-state index < -0.39 is 0 Å². The van der Waals surface area contributed by atoms with Crippen molar-refractivity contribution in [1.29, 1.82) is 0 Å². The molecule has 0 spiro atoms. The minimum Gasteiger partial charge on any atom is -0.338 e. The zero-order valence-electron chi connectivity index (χ0n) is 9.57. The molecule has 1 aliphatic rings. The predicted molar refractivity (Wildman–Crippen MR) is 57.5 cm³/mol. The van der Waals surface area contributed by atoms with Crippen LogP contribution in [0, 0.1) is 0 Å². The second-order valence-corrected chi connectivity index (χ2v) is 4.17. The van der Waals surface area contributed by atoms with Crippen molar-refractivity contribution in [2.24, 2.45) is 0 Å². The van der Waals surface area contributed by atoms with E-state index in [9.17, 15) is 0 Å². The smallest absolute Gasteiger partial charge is 0.243 e. The van der Waals surface area contributed by atoms with E-state index in [0.717, 1.165) is 31.2 Å². The summed E-state index contributed by atoms with van der Waals surface area (Å²) in [7, 11) is 0. The molecule has 1 aromatic rings. The third-order valence-corrected chi connectivity index (χ3v) is 3.10. The third kappa shape index (κ3) is 2.37. The second-order valence-electron chi connectivity index (χ2n) is 4.17. The van der Waals surface area contributed by atoms with Gasteiger partial charge in [-0.3, -0.25) is 4.90 Å². The Hall–Kier alpha value is -0.900. The minimum atomic E-state index is 0.276. The highest BCUT2D eigenvalue weighted by molar-refractivity contribution is 4.92. The average molecular weight is 209 g/mol. The van der Waals surface area contributed by atoms with Crippen molar-refractivity contribution in [3.8, 4) is 0 Å². The molecule has 1 aromatic heterocycles. The molecule has 1 atom stereocenters. The lowest BCUT2D eigenvalue weighted by Gasteiger charge is -2.29. The summed E-state index contributed by atoms with van der Waals surface area (Å²) in [5, 5.41) is 3.94. The van der Waals surface area contributed by atoms with Gasteiger partial charge in [-0.25, -0.2) is 0 Å². The first-order valence-corrected chi connectivity index (χ1v) is 5.87. The topological polar surface area (TPSA) is 42.2 Å². The second kappa shape index (κ2) is 4.75. The predicted octanol–water partition coefficient (Wildman–Crippen LogP) is 2.18. The van der Waals surface area contributed by atoms with E-state index in [4.69, 9.17) is 4.52 Å². The first kappa shape index (κ1) is 10.6. The van der Waals surface area contributed by atoms with Crippen LogP contribution in [0.3, 0.4) is 0 Å². The number of aryl methyl sites for hydroxylation is 1. The fourth-order valence-electron chi connectivity index (χ4n) is 2.04. The lowest BCUT2D eigenvalue weighted by molar-refractivity contribution is 0.146. The van der Waals surface area contributed by atoms with Gasteiger partial charge in [-0.2, -0.15) is 4.98 Å². The lowest BCUT2D eigenvalue weighted by Crippen LogP contribution is -2.32. The lowest BCUT2D eigenvalue weighted by atomic mass is 10.1. The number of rotatable bonds is 3. The van der Waals surface area contributed by atoms with Crippen LogP contribution in [0.4, 0.5) is 0 Å². The Morgan fingerprint density at radius 2 is 2.07 bits per heavy atom. The van der Waals surface area contributed by atoms with E-state index in [-0.39, 0.29) is 6.04 Å². The van der Waals surface area contributed by atoms with E-state index >= 15 is 0 Å². The van der Waals surface area contributed by atoms with Crippen molar-refractivity contribution in [3.63, 3.8) is 0 Å². The average Bonchev–Trinajstić information content (AvgIpc) is 2.78. The number of hydrogen-bond donors (Lipinski definition) is 0. The van der Waals surface area contributed by atoms with Gasteiger partial charge in [0.1, 0.15) is 0 Å². The zero-order chi connectivity index (χ0) is 10.7. The van der Waals surface area contributed by atoms with E-state index in [0.29, 0.717) is 0 Å². The number of likely N-dealkylation sites (tertiary alicyclic amines) is 1. The van der Waals surface area contributed by atoms with Crippen LogP contribution in [0.2, 0.25) is 0 Å². The van der Waals surface area contributed by atoms with Crippen molar-refractivity contribution in [2.75, 3.05) is 13.1 Å². The molecule has 0 bridgehead atoms. The molecule has 1 fully saturated rings. The van der Waals surface area contributed by atoms with Gasteiger partial charge < -0.3 is 4.52 Å². The standard InChI is InChI=1S/C11H19N3O/c1-3-10-12-11(15-13-10)9(2)14-7-5-4-6-8-14/h9H,3-8H2,1-2H3/t9-/m1/s1. The van der Waals surface area contributed by atoms with Gasteiger partial charge in [0.15, 0.2) is 5.82 Å². The molecule has 0 amide bonds. The Bertz CT molecular complexity index is 305. The van der Waals surface area contributed by atoms with E-state index in [2.05, 4.69) is 22.0 Å². The van der Waals surface area contributed by atoms with Crippen molar-refractivity contribution in [2.45, 2.75) is 45.6 Å². The van der Waals surface area contributed by atoms with Gasteiger partial charge in [0, 0.05) is 6.42 Å². The molecule has 15 heavy (non-hydrogen) atoms. The fourth-order valence-corrected chi connectivity index (χ4v) is 2.04. The normalized spacial score (nSPS) is 20.4. The summed E-state index contributed by atoms with van der Waals surface area (Å²) in [6.07, 6.45) is 4.78. The summed E-state index contributed by atoms with van der Waals surface area (Å²) < 4.78 is 5.27. The molecule has 2 rings (SSSR count). The minimum absolute atomic E-state index is 0.276. The van der Waals surface area contributed by atoms with Crippen molar-refractivity contribution in [1.82, 2.24) is 15.0 Å². The summed E-state index contributed by atoms with van der Waals surface area (Å²) in [5.41, 5.74) is 0. The zero-order valence-corrected chi connectivity index (χ0v) is 9.57. The van der Waals surface area contributed by atoms with Gasteiger partial charge in [-0.15, -0.1) is 0 Å². The van der Waals surface area contributed by atoms with Crippen LogP contribution in [0.5, 0.6) is 0 Å². The van der Waals surface area contributed by atoms with Gasteiger partial charge in [0.2, 0.25) is 5.89 Å². The molecule has 84 valence electrons. The number of aromatic nitrogens is 2. The van der Waals surface area contributed by atoms with Gasteiger partial charge in [-0.1, -0.05) is 18.5 Å². The molecular weight excluding hydrogens is 190 g/mol. The maximum absolute atomic E-state index is 5.27. The van der Waals surface area contributed by atoms with Crippen LogP contribution in [0.1, 0.15) is 50.9 Å². The first-order valence-electron chi connectivity index (χ1n) is 5.87. The quantitative estimate of drug-likeness (QED) is 0.765. The molecule has 1 saturated heterocycles. The molecule has 0 saturated carbocycles. The number of nitrogens with zero attached hydrogens (tertiary/aromatic N) is 3. The maximum Gasteiger partial charge on any atom is 0.243 e. The summed E-state index contributed by atoms with van der Waals surface area (Å²) in [6.45, 7) is 6.51. The summed E-state index contributed by atoms with van der Waals surface area (Å²) in [5.74, 6) is 1.59. The number of piperidine rings is 1. The van der Waals surface area contributed by atoms with Crippen LogP contribution in [-0.4, -0.2) is 28.1 Å². The van der Waals surface area contributed by atoms with Crippen molar-refractivity contribution in [3.05, 3.63) is 11.7 Å². The third-order valence-electron chi connectivity index (χ3n) is 3.10. The van der Waals surface area contributed by atoms with E-state index in [1.165, 1.54) is 19.3 Å². The Kier molecular flexibility index (Phi) is 3.36. The van der Waals surface area contributed by atoms with Crippen molar-refractivity contribution >= 4 is 0 Å². The Labute approximate surface area is 90.7 Å². The summed E-state index contributed by atoms with van der Waals surface area (Å²) in [6, 6.07) is 0.276. The van der Waals surface area contributed by atoms with Gasteiger partial charge >= 0.3 is 0 Å². The molecule has 0 N–H and O–H groups in total. The van der Waals surface area contributed by atoms with Crippen LogP contribution < -0.4 is 0 Å². The van der Waals surface area contributed by atoms with Gasteiger partial charge in [0.05, 0.1) is 6.04 Å². The highest BCUT2D eigenvalue weighted by Crippen LogP contribution is 2.22. The summed E-state index contributed by atoms with van der Waals surface area (Å²) >= 11 is 0. The van der Waals surface area contributed by atoms with E-state index in [1.807, 2.05) is 6.92 Å². The largest absolute Gasteiger partial charge is 0.338 e. The van der Waals surface area contributed by atoms with Crippen LogP contribution in [0.15, 0.2) is 4.52 Å². The van der Waals surface area contributed by atoms with Gasteiger partial charge in [0.25, 0.3) is 0 Å². The molecule has 4 heteroatoms. The monoisotopic (exact) mass is 209 g/mol. The van der Waals surface area contributed by atoms with Gasteiger partial charge in [-0.05, 0) is 32.9 Å². The molecule has 0 aromatic carbocycles. The highest BCUT2D eigenvalue weighted by atomic mass is 16.5. The molecule has 0 radical (unpaired) electrons. The molecule has 4 nitrogen and oxygen atoms in total. The highest BCUT2D eigenvalue weighted by Gasteiger charge is 2.22.